The number of rotatable bonds is 15. The first-order valence-corrected chi connectivity index (χ1v) is 31.0. The minimum Gasteiger partial charge on any atom is -0.390 e. The lowest BCUT2D eigenvalue weighted by atomic mass is 9.91. The molecule has 11 amide bonds. The molecule has 1 fully saturated rings. The summed E-state index contributed by atoms with van der Waals surface area (Å²) in [6, 6.07) is -12.5. The number of aliphatic hydroxyl groups is 1. The number of carbonyl (C=O) groups excluding carboxylic acids is 11. The van der Waals surface area contributed by atoms with Gasteiger partial charge in [-0.25, -0.2) is 0 Å². The third-order valence-electron chi connectivity index (χ3n) is 16.4. The van der Waals surface area contributed by atoms with Gasteiger partial charge >= 0.3 is 0 Å². The van der Waals surface area contributed by atoms with Crippen LogP contribution in [-0.2, 0) is 52.7 Å². The fourth-order valence-corrected chi connectivity index (χ4v) is 10.8. The van der Waals surface area contributed by atoms with E-state index in [4.69, 9.17) is 6.42 Å². The quantitative estimate of drug-likeness (QED) is 0.148. The van der Waals surface area contributed by atoms with Crippen molar-refractivity contribution >= 4 is 65.0 Å². The molecule has 0 radical (unpaired) electrons. The topological polar surface area (TPSA) is 279 Å². The second kappa shape index (κ2) is 35.4. The first kappa shape index (κ1) is 78.4. The van der Waals surface area contributed by atoms with Gasteiger partial charge in [0.05, 0.1) is 12.6 Å². The number of amides is 11. The van der Waals surface area contributed by atoms with Crippen LogP contribution < -0.4 is 21.3 Å². The van der Waals surface area contributed by atoms with Crippen molar-refractivity contribution in [1.29, 1.82) is 0 Å². The van der Waals surface area contributed by atoms with E-state index in [2.05, 4.69) is 27.2 Å². The normalized spacial score (nSPS) is 26.6. The predicted molar refractivity (Wildman–Crippen MR) is 336 cm³/mol. The summed E-state index contributed by atoms with van der Waals surface area (Å²) in [4.78, 5) is 169. The van der Waals surface area contributed by atoms with Crippen LogP contribution in [0, 0.1) is 53.8 Å². The average molecular weight is 1230 g/mol. The number of nitrogens with zero attached hydrogens (tertiary/aromatic N) is 7. The van der Waals surface area contributed by atoms with E-state index < -0.39 is 156 Å². The Morgan fingerprint density at radius 2 is 0.920 bits per heavy atom. The van der Waals surface area contributed by atoms with Crippen molar-refractivity contribution in [3.05, 3.63) is 11.6 Å². The van der Waals surface area contributed by atoms with Gasteiger partial charge in [0.2, 0.25) is 65.0 Å². The van der Waals surface area contributed by atoms with E-state index in [9.17, 15) is 48.3 Å². The lowest BCUT2D eigenvalue weighted by Crippen LogP contribution is -2.63. The van der Waals surface area contributed by atoms with E-state index in [-0.39, 0.29) is 62.2 Å². The molecule has 0 spiro atoms. The maximum atomic E-state index is 15.2. The van der Waals surface area contributed by atoms with E-state index in [1.807, 2.05) is 55.4 Å². The van der Waals surface area contributed by atoms with Gasteiger partial charge < -0.3 is 60.7 Å². The van der Waals surface area contributed by atoms with Gasteiger partial charge in [-0.2, -0.15) is 0 Å². The van der Waals surface area contributed by atoms with Gasteiger partial charge in [-0.3, -0.25) is 52.7 Å². The molecule has 1 heterocycles. The number of carbonyl (C=O) groups is 11. The van der Waals surface area contributed by atoms with Crippen molar-refractivity contribution < 1.29 is 57.8 Å². The highest BCUT2D eigenvalue weighted by Crippen LogP contribution is 2.26. The van der Waals surface area contributed by atoms with Gasteiger partial charge in [0.25, 0.3) is 0 Å². The lowest BCUT2D eigenvalue weighted by molar-refractivity contribution is -0.157. The number of nitrogens with one attached hydrogen (secondary N) is 4. The van der Waals surface area contributed by atoms with Crippen molar-refractivity contribution in [1.82, 2.24) is 55.6 Å². The molecule has 1 aliphatic heterocycles. The number of terminal acetylenes is 1. The van der Waals surface area contributed by atoms with Crippen molar-refractivity contribution in [2.24, 2.45) is 41.4 Å². The largest absolute Gasteiger partial charge is 0.390 e. The third kappa shape index (κ3) is 22.2. The maximum absolute atomic E-state index is 15.2. The molecule has 0 bridgehead atoms. The standard InChI is InChI=1S/C64H111N11O12/c1-26-41(15)28-29-42(16)54(77)53-58(81)67-45(27-2)60(83)69(19)34-50(76)70(20)46(30-35(3)4)57(80)68-51(39(11)12)63(86)71(21)47(31-36(5)6)56(79)65-43(17)55(78)66-44(18)59(82)72(22)48(32-37(7)8)61(84)73(23)49(33-38(9)10)62(85)74(24)52(40(13)14)64(87)75(53)25/h1,28,35-40,42-49,51-54,77H,27,29-34H2,2-25H3,(H,65,79)(H,66,78)(H,67,81)(H,68,80)/b41-28-/t42-,43+,44-,45+,46+,47+,48+,49+,51+,52+,53+,54-/m1/s1. The Hall–Kier alpha value is -6.57. The van der Waals surface area contributed by atoms with Crippen LogP contribution in [0.5, 0.6) is 0 Å². The highest BCUT2D eigenvalue weighted by atomic mass is 16.3. The molecule has 494 valence electrons. The van der Waals surface area contributed by atoms with Gasteiger partial charge in [-0.1, -0.05) is 109 Å². The monoisotopic (exact) mass is 1230 g/mol. The summed E-state index contributed by atoms with van der Waals surface area (Å²) in [5, 5.41) is 23.2. The van der Waals surface area contributed by atoms with E-state index >= 15 is 9.59 Å². The van der Waals surface area contributed by atoms with Crippen molar-refractivity contribution in [3.8, 4) is 12.3 Å². The van der Waals surface area contributed by atoms with Crippen LogP contribution in [-0.4, -0.2) is 227 Å². The van der Waals surface area contributed by atoms with Gasteiger partial charge in [0, 0.05) is 49.3 Å². The lowest BCUT2D eigenvalue weighted by Gasteiger charge is -2.41. The number of hydrogen-bond acceptors (Lipinski definition) is 12. The molecule has 0 aromatic carbocycles. The van der Waals surface area contributed by atoms with Crippen LogP contribution in [0.4, 0.5) is 0 Å². The average Bonchev–Trinajstić information content (AvgIpc) is 1.50. The molecule has 0 aromatic heterocycles. The van der Waals surface area contributed by atoms with E-state index in [0.717, 1.165) is 9.80 Å². The smallest absolute Gasteiger partial charge is 0.246 e. The number of aliphatic hydroxyl groups excluding tert-OH is 1. The van der Waals surface area contributed by atoms with Crippen LogP contribution in [0.3, 0.4) is 0 Å². The predicted octanol–water partition coefficient (Wildman–Crippen LogP) is 3.27. The van der Waals surface area contributed by atoms with Crippen LogP contribution in [0.2, 0.25) is 0 Å². The zero-order chi connectivity index (χ0) is 67.6. The summed E-state index contributed by atoms with van der Waals surface area (Å²) in [5.74, 6) is -7.51. The number of allylic oxidation sites excluding steroid dienone is 2. The first-order chi connectivity index (χ1) is 40.1. The molecular formula is C64H111N11O12. The molecule has 87 heavy (non-hydrogen) atoms. The van der Waals surface area contributed by atoms with Gasteiger partial charge in [0.15, 0.2) is 0 Å². The Morgan fingerprint density at radius 1 is 0.506 bits per heavy atom. The molecule has 1 aliphatic rings. The Bertz CT molecular complexity index is 2470. The van der Waals surface area contributed by atoms with E-state index in [1.165, 1.54) is 87.7 Å². The molecule has 0 aromatic rings. The van der Waals surface area contributed by atoms with Crippen molar-refractivity contribution in [2.75, 3.05) is 55.9 Å². The van der Waals surface area contributed by atoms with Gasteiger partial charge in [-0.15, -0.1) is 6.42 Å². The Morgan fingerprint density at radius 3 is 1.37 bits per heavy atom. The van der Waals surface area contributed by atoms with Gasteiger partial charge in [-0.05, 0) is 106 Å². The minimum atomic E-state index is -1.67. The summed E-state index contributed by atoms with van der Waals surface area (Å²) >= 11 is 0. The third-order valence-corrected chi connectivity index (χ3v) is 16.4. The highest BCUT2D eigenvalue weighted by Gasteiger charge is 2.46. The SMILES string of the molecule is C#C/C(C)=C\C[C@@H](C)[C@@H](O)[C@H]1C(=O)N[C@@H](CC)C(=O)N(C)CC(=O)N(C)[C@@H](CC(C)C)C(=O)N[C@@H](C(C)C)C(=O)N(C)[C@@H](CC(C)C)C(=O)N[C@@H](C)C(=O)N[C@H](C)C(=O)N(C)[C@@H](CC(C)C)C(=O)N(C)[C@@H](CC(C)C)C(=O)N(C)[C@@H](C(C)C)C(=O)N1C. The van der Waals surface area contributed by atoms with Crippen molar-refractivity contribution in [2.45, 2.75) is 223 Å². The Kier molecular flexibility index (Phi) is 31.9. The minimum absolute atomic E-state index is 0.000579. The van der Waals surface area contributed by atoms with Crippen molar-refractivity contribution in [3.63, 3.8) is 0 Å². The van der Waals surface area contributed by atoms with Crippen LogP contribution in [0.15, 0.2) is 11.6 Å². The summed E-state index contributed by atoms with van der Waals surface area (Å²) in [7, 11) is 9.85. The number of likely N-dealkylation sites (N-methyl/N-ethyl adjacent to an activating group) is 7. The zero-order valence-corrected chi connectivity index (χ0v) is 57.1. The van der Waals surface area contributed by atoms with Crippen LogP contribution in [0.25, 0.3) is 0 Å². The maximum Gasteiger partial charge on any atom is 0.246 e. The first-order valence-electron chi connectivity index (χ1n) is 31.0. The second-order valence-electron chi connectivity index (χ2n) is 26.6. The van der Waals surface area contributed by atoms with E-state index in [0.29, 0.717) is 5.57 Å². The summed E-state index contributed by atoms with van der Waals surface area (Å²) in [6.07, 6.45) is 6.53. The Labute approximate surface area is 520 Å². The molecule has 0 aliphatic carbocycles. The fourth-order valence-electron chi connectivity index (χ4n) is 10.8. The molecule has 23 heteroatoms. The molecular weight excluding hydrogens is 1110 g/mol. The Balaban J connectivity index is 4.36. The fraction of sp³-hybridized carbons (Fsp3) is 0.766. The van der Waals surface area contributed by atoms with E-state index in [1.54, 1.807) is 54.5 Å². The molecule has 0 saturated carbocycles. The summed E-state index contributed by atoms with van der Waals surface area (Å²) < 4.78 is 0. The molecule has 1 rings (SSSR count). The summed E-state index contributed by atoms with van der Waals surface area (Å²) in [6.45, 7) is 29.1. The second-order valence-corrected chi connectivity index (χ2v) is 26.6. The molecule has 12 atom stereocenters. The van der Waals surface area contributed by atoms with Gasteiger partial charge in [0.1, 0.15) is 60.4 Å². The molecule has 23 nitrogen and oxygen atoms in total. The molecule has 5 N–H and O–H groups in total. The highest BCUT2D eigenvalue weighted by molar-refractivity contribution is 5.99. The molecule has 1 saturated heterocycles. The summed E-state index contributed by atoms with van der Waals surface area (Å²) in [5.41, 5.74) is 0.567. The van der Waals surface area contributed by atoms with Crippen LogP contribution in [0.1, 0.15) is 156 Å². The van der Waals surface area contributed by atoms with Crippen LogP contribution >= 0.6 is 0 Å². The zero-order valence-electron chi connectivity index (χ0n) is 57.1. The molecule has 0 unspecified atom stereocenters. The number of hydrogen-bond donors (Lipinski definition) is 5.